The van der Waals surface area contributed by atoms with Crippen LogP contribution in [0.1, 0.15) is 58.8 Å². The number of primary amides is 1. The van der Waals surface area contributed by atoms with Crippen LogP contribution in [0.2, 0.25) is 0 Å². The molecule has 0 saturated heterocycles. The van der Waals surface area contributed by atoms with Crippen molar-refractivity contribution >= 4 is 55.0 Å². The summed E-state index contributed by atoms with van der Waals surface area (Å²) in [6, 6.07) is 22.2. The van der Waals surface area contributed by atoms with E-state index in [1.165, 1.54) is 49.7 Å². The van der Waals surface area contributed by atoms with Crippen molar-refractivity contribution in [2.24, 2.45) is 5.73 Å². The second kappa shape index (κ2) is 18.8. The molecule has 0 fully saturated rings. The van der Waals surface area contributed by atoms with Gasteiger partial charge in [-0.3, -0.25) is 14.6 Å². The number of aromatic amines is 1. The zero-order valence-electron chi connectivity index (χ0n) is 32.6. The van der Waals surface area contributed by atoms with E-state index < -0.39 is 27.9 Å². The standard InChI is InChI=1S/C43H46N6O9S/c1-26-19-31(22-34-39(26)47-23-35(42(44)53)40(34)48-28-10-8-11-29(21-28)57-2)59(55,56)30-12-7-9-27(20-30)25-58-43(54)46-18-6-4-3-5-17-45-24-37(51)32-13-15-36(50)41-33(32)14-16-38(52)49-41/h7-16,19-23,37,45,50-51H,3-6,17-18,24-25H2,1-2H3,(H2,44,53)(H,46,54)(H,47,48)(H,49,52)/t37-/m0/s1. The van der Waals surface area contributed by atoms with Gasteiger partial charge in [-0.2, -0.15) is 0 Å². The number of pyridine rings is 2. The number of fused-ring (bicyclic) bond motifs is 2. The van der Waals surface area contributed by atoms with Crippen LogP contribution in [0.5, 0.6) is 11.5 Å². The van der Waals surface area contributed by atoms with Crippen molar-refractivity contribution in [1.29, 1.82) is 0 Å². The topological polar surface area (TPSA) is 235 Å². The third-order valence-corrected chi connectivity index (χ3v) is 11.5. The van der Waals surface area contributed by atoms with Crippen LogP contribution in [-0.4, -0.2) is 67.3 Å². The van der Waals surface area contributed by atoms with E-state index in [0.717, 1.165) is 25.7 Å². The highest BCUT2D eigenvalue weighted by atomic mass is 32.2. The highest BCUT2D eigenvalue weighted by molar-refractivity contribution is 7.91. The molecule has 0 aliphatic rings. The SMILES string of the molecule is COc1cccc(Nc2c(C(N)=O)cnc3c(C)cc(S(=O)(=O)c4cccc(COC(=O)NCCCCCCNC[C@H](O)c5ccc(O)c6[nH]c(=O)ccc56)c4)cc23)c1. The minimum Gasteiger partial charge on any atom is -0.506 e. The molecule has 59 heavy (non-hydrogen) atoms. The Morgan fingerprint density at radius 2 is 1.69 bits per heavy atom. The Bertz CT molecular complexity index is 2670. The van der Waals surface area contributed by atoms with E-state index >= 15 is 0 Å². The van der Waals surface area contributed by atoms with Gasteiger partial charge in [-0.05, 0) is 91.5 Å². The van der Waals surface area contributed by atoms with Crippen LogP contribution in [0.4, 0.5) is 16.2 Å². The lowest BCUT2D eigenvalue weighted by Gasteiger charge is -2.16. The van der Waals surface area contributed by atoms with E-state index in [0.29, 0.717) is 69.7 Å². The Kier molecular flexibility index (Phi) is 13.5. The molecular formula is C43H46N6O9S. The fourth-order valence-corrected chi connectivity index (χ4v) is 8.17. The fourth-order valence-electron chi connectivity index (χ4n) is 6.72. The maximum atomic E-state index is 14.0. The van der Waals surface area contributed by atoms with Crippen molar-refractivity contribution in [2.75, 3.05) is 32.1 Å². The number of phenols is 1. The summed E-state index contributed by atoms with van der Waals surface area (Å²) in [5.41, 5.74) is 8.75. The molecule has 0 aliphatic heterocycles. The van der Waals surface area contributed by atoms with E-state index in [9.17, 15) is 33.0 Å². The number of amides is 2. The number of hydrogen-bond acceptors (Lipinski definition) is 12. The molecule has 0 spiro atoms. The summed E-state index contributed by atoms with van der Waals surface area (Å²) in [5, 5.41) is 30.9. The number of ether oxygens (including phenoxy) is 2. The van der Waals surface area contributed by atoms with Gasteiger partial charge < -0.3 is 46.4 Å². The number of alkyl carbamates (subject to hydrolysis) is 1. The highest BCUT2D eigenvalue weighted by Gasteiger charge is 2.23. The molecule has 0 aliphatic carbocycles. The monoisotopic (exact) mass is 822 g/mol. The number of aromatic hydroxyl groups is 1. The number of H-pyrrole nitrogens is 1. The lowest BCUT2D eigenvalue weighted by atomic mass is 10.0. The van der Waals surface area contributed by atoms with Crippen molar-refractivity contribution in [3.05, 3.63) is 124 Å². The first-order valence-electron chi connectivity index (χ1n) is 19.0. The predicted molar refractivity (Wildman–Crippen MR) is 224 cm³/mol. The van der Waals surface area contributed by atoms with Crippen LogP contribution >= 0.6 is 0 Å². The Morgan fingerprint density at radius 3 is 2.47 bits per heavy atom. The summed E-state index contributed by atoms with van der Waals surface area (Å²) in [6.07, 6.45) is 3.22. The van der Waals surface area contributed by atoms with Crippen LogP contribution < -0.4 is 32.0 Å². The number of aliphatic hydroxyl groups excluding tert-OH is 1. The number of methoxy groups -OCH3 is 1. The summed E-state index contributed by atoms with van der Waals surface area (Å²) >= 11 is 0. The molecular weight excluding hydrogens is 777 g/mol. The second-order valence-corrected chi connectivity index (χ2v) is 15.9. The third kappa shape index (κ3) is 10.2. The first-order chi connectivity index (χ1) is 28.3. The summed E-state index contributed by atoms with van der Waals surface area (Å²) < 4.78 is 38.8. The molecule has 8 N–H and O–H groups in total. The normalized spacial score (nSPS) is 12.0. The third-order valence-electron chi connectivity index (χ3n) is 9.78. The molecule has 16 heteroatoms. The average molecular weight is 823 g/mol. The molecule has 6 rings (SSSR count). The Morgan fingerprint density at radius 1 is 0.915 bits per heavy atom. The summed E-state index contributed by atoms with van der Waals surface area (Å²) in [7, 11) is -2.56. The molecule has 2 heterocycles. The van der Waals surface area contributed by atoms with Gasteiger partial charge in [-0.1, -0.05) is 37.1 Å². The number of aliphatic hydroxyl groups is 1. The van der Waals surface area contributed by atoms with Crippen molar-refractivity contribution in [3.63, 3.8) is 0 Å². The average Bonchev–Trinajstić information content (AvgIpc) is 3.22. The summed E-state index contributed by atoms with van der Waals surface area (Å²) in [5.74, 6) is -0.228. The quantitative estimate of drug-likeness (QED) is 0.0504. The van der Waals surface area contributed by atoms with Gasteiger partial charge in [0.15, 0.2) is 0 Å². The zero-order chi connectivity index (χ0) is 42.1. The summed E-state index contributed by atoms with van der Waals surface area (Å²) in [4.78, 5) is 43.6. The number of rotatable bonds is 18. The van der Waals surface area contributed by atoms with Gasteiger partial charge in [0.1, 0.15) is 18.1 Å². The molecule has 15 nitrogen and oxygen atoms in total. The van der Waals surface area contributed by atoms with Gasteiger partial charge >= 0.3 is 6.09 Å². The number of phenolic OH excluding ortho intramolecular Hbond substituents is 1. The number of aryl methyl sites for hydroxylation is 1. The number of aromatic nitrogens is 2. The van der Waals surface area contributed by atoms with Crippen LogP contribution in [-0.2, 0) is 21.2 Å². The van der Waals surface area contributed by atoms with Crippen LogP contribution in [0.25, 0.3) is 21.8 Å². The number of benzene rings is 4. The predicted octanol–water partition coefficient (Wildman–Crippen LogP) is 5.88. The zero-order valence-corrected chi connectivity index (χ0v) is 33.4. The summed E-state index contributed by atoms with van der Waals surface area (Å²) in [6.45, 7) is 2.95. The van der Waals surface area contributed by atoms with Crippen LogP contribution in [0.3, 0.4) is 0 Å². The van der Waals surface area contributed by atoms with E-state index in [1.807, 2.05) is 0 Å². The van der Waals surface area contributed by atoms with Crippen molar-refractivity contribution in [3.8, 4) is 11.5 Å². The van der Waals surface area contributed by atoms with Gasteiger partial charge in [-0.25, -0.2) is 13.2 Å². The molecule has 0 unspecified atom stereocenters. The fraction of sp³-hybridized carbons (Fsp3) is 0.256. The number of sulfone groups is 1. The lowest BCUT2D eigenvalue weighted by Crippen LogP contribution is -2.25. The van der Waals surface area contributed by atoms with Crippen LogP contribution in [0, 0.1) is 6.92 Å². The first-order valence-corrected chi connectivity index (χ1v) is 20.5. The highest BCUT2D eigenvalue weighted by Crippen LogP contribution is 2.35. The van der Waals surface area contributed by atoms with Crippen molar-refractivity contribution in [1.82, 2.24) is 20.6 Å². The number of nitrogens with two attached hydrogens (primary N) is 1. The number of carbonyl (C=O) groups is 2. The van der Waals surface area contributed by atoms with Crippen LogP contribution in [0.15, 0.2) is 106 Å². The molecule has 0 saturated carbocycles. The van der Waals surface area contributed by atoms with Gasteiger partial charge in [0.2, 0.25) is 15.4 Å². The number of nitrogens with one attached hydrogen (secondary N) is 4. The molecule has 6 aromatic rings. The Hall–Kier alpha value is -6.49. The molecule has 308 valence electrons. The van der Waals surface area contributed by atoms with E-state index in [2.05, 4.69) is 25.9 Å². The maximum Gasteiger partial charge on any atom is 0.407 e. The minimum absolute atomic E-state index is 0.00510. The van der Waals surface area contributed by atoms with E-state index in [-0.39, 0.29) is 38.8 Å². The molecule has 2 aromatic heterocycles. The van der Waals surface area contributed by atoms with Gasteiger partial charge in [0.05, 0.1) is 45.3 Å². The molecule has 2 amide bonds. The first kappa shape index (κ1) is 42.1. The lowest BCUT2D eigenvalue weighted by molar-refractivity contribution is 0.100. The van der Waals surface area contributed by atoms with Gasteiger partial charge in [0, 0.05) is 47.9 Å². The number of unbranched alkanes of at least 4 members (excludes halogenated alkanes) is 3. The maximum absolute atomic E-state index is 14.0. The smallest absolute Gasteiger partial charge is 0.407 e. The van der Waals surface area contributed by atoms with E-state index in [1.54, 1.807) is 55.5 Å². The number of carbonyl (C=O) groups excluding carboxylic acids is 2. The van der Waals surface area contributed by atoms with Gasteiger partial charge in [-0.15, -0.1) is 0 Å². The number of anilines is 2. The minimum atomic E-state index is -4.09. The van der Waals surface area contributed by atoms with Gasteiger partial charge in [0.25, 0.3) is 5.91 Å². The largest absolute Gasteiger partial charge is 0.506 e. The number of nitrogens with zero attached hydrogens (tertiary/aromatic N) is 1. The molecule has 1 atom stereocenters. The number of hydrogen-bond donors (Lipinski definition) is 7. The Balaban J connectivity index is 0.984. The Labute approximate surface area is 340 Å². The van der Waals surface area contributed by atoms with Crippen molar-refractivity contribution in [2.45, 2.75) is 55.1 Å². The molecule has 0 bridgehead atoms. The van der Waals surface area contributed by atoms with E-state index in [4.69, 9.17) is 15.2 Å². The second-order valence-electron chi connectivity index (χ2n) is 14.0. The molecule has 0 radical (unpaired) electrons. The van der Waals surface area contributed by atoms with Crippen molar-refractivity contribution < 1.29 is 37.7 Å². The molecule has 4 aromatic carbocycles.